The van der Waals surface area contributed by atoms with E-state index >= 15 is 0 Å². The minimum atomic E-state index is -0.870. The van der Waals surface area contributed by atoms with E-state index in [1.54, 1.807) is 6.08 Å². The summed E-state index contributed by atoms with van der Waals surface area (Å²) in [6.45, 7) is 4.34. The van der Waals surface area contributed by atoms with Gasteiger partial charge in [0.2, 0.25) is 5.91 Å². The molecule has 4 heteroatoms. The van der Waals surface area contributed by atoms with Crippen molar-refractivity contribution >= 4 is 5.91 Å². The zero-order chi connectivity index (χ0) is 49.2. The molecule has 0 spiro atoms. The normalized spacial score (nSPS) is 12.9. The minimum absolute atomic E-state index is 0.0706. The molecule has 0 saturated carbocycles. The van der Waals surface area contributed by atoms with Gasteiger partial charge in [0.15, 0.2) is 0 Å². The zero-order valence-corrected chi connectivity index (χ0v) is 46.4. The second-order valence-corrected chi connectivity index (χ2v) is 21.5. The van der Waals surface area contributed by atoms with Crippen molar-refractivity contribution in [1.82, 2.24) is 5.32 Å². The fourth-order valence-electron chi connectivity index (χ4n) is 9.86. The molecule has 0 saturated heterocycles. The summed E-state index contributed by atoms with van der Waals surface area (Å²) in [6, 6.07) is -0.645. The van der Waals surface area contributed by atoms with Gasteiger partial charge in [0.05, 0.1) is 18.8 Å². The van der Waals surface area contributed by atoms with E-state index in [-0.39, 0.29) is 12.5 Å². The fourth-order valence-corrected chi connectivity index (χ4v) is 9.86. The largest absolute Gasteiger partial charge is 0.394 e. The molecule has 0 aromatic carbocycles. The van der Waals surface area contributed by atoms with E-state index in [2.05, 4.69) is 43.5 Å². The van der Waals surface area contributed by atoms with Gasteiger partial charge in [-0.05, 0) is 44.9 Å². The van der Waals surface area contributed by atoms with E-state index in [4.69, 9.17) is 0 Å². The summed E-state index contributed by atoms with van der Waals surface area (Å²) in [5.41, 5.74) is 0. The molecule has 0 rings (SSSR count). The molecule has 4 nitrogen and oxygen atoms in total. The first kappa shape index (κ1) is 66.6. The van der Waals surface area contributed by atoms with Crippen LogP contribution >= 0.6 is 0 Å². The van der Waals surface area contributed by atoms with Gasteiger partial charge >= 0.3 is 0 Å². The van der Waals surface area contributed by atoms with Crippen molar-refractivity contribution < 1.29 is 15.0 Å². The first-order valence-electron chi connectivity index (χ1n) is 31.2. The Morgan fingerprint density at radius 1 is 0.338 bits per heavy atom. The summed E-state index contributed by atoms with van der Waals surface area (Å²) in [4.78, 5) is 12.5. The second-order valence-electron chi connectivity index (χ2n) is 21.5. The maximum atomic E-state index is 12.5. The van der Waals surface area contributed by atoms with Crippen molar-refractivity contribution in [2.75, 3.05) is 6.61 Å². The van der Waals surface area contributed by atoms with Gasteiger partial charge in [-0.3, -0.25) is 4.79 Å². The Labute approximate surface area is 427 Å². The lowest BCUT2D eigenvalue weighted by atomic mass is 10.0. The van der Waals surface area contributed by atoms with Crippen molar-refractivity contribution in [3.05, 3.63) is 36.5 Å². The Bertz CT molecular complexity index is 1040. The lowest BCUT2D eigenvalue weighted by Crippen LogP contribution is -2.45. The quantitative estimate of drug-likeness (QED) is 0.0420. The van der Waals surface area contributed by atoms with Gasteiger partial charge in [-0.15, -0.1) is 0 Å². The molecule has 402 valence electrons. The number of amides is 1. The molecule has 0 aromatic rings. The molecule has 0 fully saturated rings. The number of aliphatic hydroxyl groups excluding tert-OH is 2. The molecule has 68 heavy (non-hydrogen) atoms. The van der Waals surface area contributed by atoms with E-state index in [0.29, 0.717) is 6.42 Å². The summed E-state index contributed by atoms with van der Waals surface area (Å²) < 4.78 is 0. The predicted molar refractivity (Wildman–Crippen MR) is 304 cm³/mol. The Morgan fingerprint density at radius 2 is 0.574 bits per heavy atom. The Morgan fingerprint density at radius 3 is 0.853 bits per heavy atom. The molecule has 0 bridgehead atoms. The highest BCUT2D eigenvalue weighted by Gasteiger charge is 2.18. The molecule has 1 amide bonds. The summed E-state index contributed by atoms with van der Waals surface area (Å²) >= 11 is 0. The standard InChI is InChI=1S/C64H123NO3/c1-3-5-7-9-11-13-15-17-19-21-23-25-27-29-30-31-32-33-34-36-38-40-42-44-46-48-50-52-54-56-58-60-64(68)65-62(61-66)63(67)59-57-55-53-51-49-47-45-43-41-39-37-35-28-26-24-22-20-18-16-14-12-10-8-6-4-2/h41,43,49,51,57,59,62-63,66-67H,3-40,42,44-48,50,52-56,58,60-61H2,1-2H3,(H,65,68)/b43-41+,51-49+,59-57+. The van der Waals surface area contributed by atoms with Crippen LogP contribution in [0.4, 0.5) is 0 Å². The van der Waals surface area contributed by atoms with Crippen LogP contribution in [0.1, 0.15) is 348 Å². The molecule has 0 radical (unpaired) electrons. The van der Waals surface area contributed by atoms with Crippen LogP contribution in [0, 0.1) is 0 Å². The summed E-state index contributed by atoms with van der Waals surface area (Å²) in [5.74, 6) is -0.0706. The first-order valence-corrected chi connectivity index (χ1v) is 31.2. The van der Waals surface area contributed by atoms with Crippen LogP contribution in [0.25, 0.3) is 0 Å². The van der Waals surface area contributed by atoms with E-state index in [1.165, 1.54) is 289 Å². The smallest absolute Gasteiger partial charge is 0.220 e. The number of allylic oxidation sites excluding steroid dienone is 5. The summed E-state index contributed by atoms with van der Waals surface area (Å²) in [5, 5.41) is 23.2. The highest BCUT2D eigenvalue weighted by Crippen LogP contribution is 2.18. The molecule has 0 heterocycles. The third-order valence-corrected chi connectivity index (χ3v) is 14.6. The number of carbonyl (C=O) groups excluding carboxylic acids is 1. The van der Waals surface area contributed by atoms with Crippen molar-refractivity contribution in [1.29, 1.82) is 0 Å². The number of carbonyl (C=O) groups is 1. The Kier molecular flexibility index (Phi) is 58.7. The fraction of sp³-hybridized carbons (Fsp3) is 0.891. The van der Waals surface area contributed by atoms with E-state index in [0.717, 1.165) is 38.5 Å². The summed E-state index contributed by atoms with van der Waals surface area (Å²) in [7, 11) is 0. The van der Waals surface area contributed by atoms with Crippen LogP contribution in [-0.4, -0.2) is 34.9 Å². The number of unbranched alkanes of at least 4 members (excludes halogenated alkanes) is 47. The number of hydrogen-bond donors (Lipinski definition) is 3. The topological polar surface area (TPSA) is 69.6 Å². The van der Waals surface area contributed by atoms with Gasteiger partial charge in [0, 0.05) is 6.42 Å². The molecular weight excluding hydrogens is 831 g/mol. The average Bonchev–Trinajstić information content (AvgIpc) is 3.34. The van der Waals surface area contributed by atoms with Gasteiger partial charge in [-0.2, -0.15) is 0 Å². The van der Waals surface area contributed by atoms with Crippen molar-refractivity contribution in [2.45, 2.75) is 360 Å². The van der Waals surface area contributed by atoms with Crippen LogP contribution in [0.5, 0.6) is 0 Å². The Hall–Kier alpha value is -1.39. The van der Waals surface area contributed by atoms with Crippen LogP contribution in [0.15, 0.2) is 36.5 Å². The third kappa shape index (κ3) is 55.5. The van der Waals surface area contributed by atoms with Gasteiger partial charge < -0.3 is 15.5 Å². The highest BCUT2D eigenvalue weighted by atomic mass is 16.3. The minimum Gasteiger partial charge on any atom is -0.394 e. The predicted octanol–water partition coefficient (Wildman–Crippen LogP) is 20.8. The van der Waals surface area contributed by atoms with Gasteiger partial charge in [-0.1, -0.05) is 333 Å². The lowest BCUT2D eigenvalue weighted by molar-refractivity contribution is -0.123. The monoisotopic (exact) mass is 954 g/mol. The molecule has 0 aliphatic carbocycles. The van der Waals surface area contributed by atoms with Crippen LogP contribution in [0.3, 0.4) is 0 Å². The van der Waals surface area contributed by atoms with Gasteiger partial charge in [0.25, 0.3) is 0 Å². The molecule has 3 N–H and O–H groups in total. The molecule has 0 aliphatic heterocycles. The SMILES string of the molecule is CCCCCCCCCCCCCCCCC/C=C/CC/C=C/CC/C=C/C(O)C(CO)NC(=O)CCCCCCCCCCCCCCCCCCCCCCCCCCCCCCCCC. The number of aliphatic hydroxyl groups is 2. The lowest BCUT2D eigenvalue weighted by Gasteiger charge is -2.19. The number of hydrogen-bond acceptors (Lipinski definition) is 3. The molecule has 0 aromatic heterocycles. The molecule has 2 atom stereocenters. The van der Waals surface area contributed by atoms with E-state index in [1.807, 2.05) is 6.08 Å². The van der Waals surface area contributed by atoms with Crippen LogP contribution < -0.4 is 5.32 Å². The van der Waals surface area contributed by atoms with Crippen LogP contribution in [-0.2, 0) is 4.79 Å². The average molecular weight is 955 g/mol. The molecular formula is C64H123NO3. The van der Waals surface area contributed by atoms with Crippen LogP contribution in [0.2, 0.25) is 0 Å². The van der Waals surface area contributed by atoms with Crippen molar-refractivity contribution in [2.24, 2.45) is 0 Å². The van der Waals surface area contributed by atoms with Gasteiger partial charge in [0.1, 0.15) is 0 Å². The van der Waals surface area contributed by atoms with Gasteiger partial charge in [-0.25, -0.2) is 0 Å². The maximum Gasteiger partial charge on any atom is 0.220 e. The third-order valence-electron chi connectivity index (χ3n) is 14.6. The molecule has 0 aliphatic rings. The molecule has 2 unspecified atom stereocenters. The maximum absolute atomic E-state index is 12.5. The van der Waals surface area contributed by atoms with Crippen molar-refractivity contribution in [3.8, 4) is 0 Å². The number of nitrogens with one attached hydrogen (secondary N) is 1. The zero-order valence-electron chi connectivity index (χ0n) is 46.4. The highest BCUT2D eigenvalue weighted by molar-refractivity contribution is 5.76. The summed E-state index contributed by atoms with van der Waals surface area (Å²) in [6.07, 6.45) is 82.0. The first-order chi connectivity index (χ1) is 33.7. The van der Waals surface area contributed by atoms with Crippen molar-refractivity contribution in [3.63, 3.8) is 0 Å². The number of rotatable bonds is 58. The second kappa shape index (κ2) is 59.9. The van der Waals surface area contributed by atoms with E-state index in [9.17, 15) is 15.0 Å². The Balaban J connectivity index is 3.48. The van der Waals surface area contributed by atoms with E-state index < -0.39 is 12.1 Å².